The van der Waals surface area contributed by atoms with Crippen molar-refractivity contribution >= 4 is 50.1 Å². The van der Waals surface area contributed by atoms with E-state index in [1.54, 1.807) is 0 Å². The van der Waals surface area contributed by atoms with Gasteiger partial charge in [0.25, 0.3) is 0 Å². The molecule has 0 amide bonds. The van der Waals surface area contributed by atoms with Gasteiger partial charge in [0.1, 0.15) is 27.3 Å². The van der Waals surface area contributed by atoms with Gasteiger partial charge in [-0.05, 0) is 43.0 Å². The smallest absolute Gasteiger partial charge is 0.129 e. The minimum Gasteiger partial charge on any atom is -0.389 e. The fourth-order valence-electron chi connectivity index (χ4n) is 4.74. The average molecular weight is 447 g/mol. The first-order chi connectivity index (χ1) is 15.1. The highest BCUT2D eigenvalue weighted by Gasteiger charge is 2.45. The largest absolute Gasteiger partial charge is 0.389 e. The zero-order valence-corrected chi connectivity index (χ0v) is 18.5. The first-order valence-electron chi connectivity index (χ1n) is 10.5. The summed E-state index contributed by atoms with van der Waals surface area (Å²) in [6.07, 6.45) is 2.29. The highest BCUT2D eigenvalue weighted by Crippen LogP contribution is 2.55. The van der Waals surface area contributed by atoms with E-state index in [1.165, 1.54) is 23.1 Å². The van der Waals surface area contributed by atoms with E-state index >= 15 is 0 Å². The third-order valence-corrected chi connectivity index (χ3v) is 6.69. The lowest BCUT2D eigenvalue weighted by molar-refractivity contribution is 0.216. The molecule has 1 fully saturated rings. The van der Waals surface area contributed by atoms with Gasteiger partial charge in [0.2, 0.25) is 0 Å². The van der Waals surface area contributed by atoms with Crippen molar-refractivity contribution in [3.05, 3.63) is 70.8 Å². The number of nitrogens with zero attached hydrogens (tertiary/aromatic N) is 2. The Hall–Kier alpha value is -2.57. The fourth-order valence-corrected chi connectivity index (χ4v) is 4.97. The van der Waals surface area contributed by atoms with E-state index in [1.807, 2.05) is 18.0 Å². The van der Waals surface area contributed by atoms with E-state index in [0.717, 1.165) is 41.9 Å². The van der Waals surface area contributed by atoms with Gasteiger partial charge in [-0.1, -0.05) is 24.8 Å². The van der Waals surface area contributed by atoms with Gasteiger partial charge in [0.05, 0.1) is 22.9 Å². The summed E-state index contributed by atoms with van der Waals surface area (Å²) in [6, 6.07) is 5.79. The van der Waals surface area contributed by atoms with Crippen molar-refractivity contribution < 1.29 is 9.50 Å². The molecule has 1 unspecified atom stereocenters. The van der Waals surface area contributed by atoms with Crippen molar-refractivity contribution in [2.24, 2.45) is 5.92 Å². The van der Waals surface area contributed by atoms with Crippen LogP contribution in [0.25, 0.3) is 5.70 Å². The standard InChI is InChI=1S/C23H22B2ClFN4O/c1-11-19-20(21(29-11)15-8-14(27)6-7-16(15)26)17(28-3)9-18-22(19)31(23(24,25)32)12(2)30(18)10-13-4-5-13/h6-9,13,21,28-29,32H,1-2,4-5,10H2,3H3. The maximum Gasteiger partial charge on any atom is 0.129 e. The molecule has 2 aromatic carbocycles. The molecule has 3 N–H and O–H groups in total. The van der Waals surface area contributed by atoms with Gasteiger partial charge in [0.15, 0.2) is 0 Å². The maximum absolute atomic E-state index is 14.1. The Morgan fingerprint density at radius 1 is 1.31 bits per heavy atom. The molecule has 4 radical (unpaired) electrons. The molecule has 0 bridgehead atoms. The Bertz CT molecular complexity index is 1160. The van der Waals surface area contributed by atoms with Crippen molar-refractivity contribution in [2.75, 3.05) is 28.7 Å². The van der Waals surface area contributed by atoms with Crippen LogP contribution in [0.3, 0.4) is 0 Å². The summed E-state index contributed by atoms with van der Waals surface area (Å²) in [6.45, 7) is 9.13. The molecule has 32 heavy (non-hydrogen) atoms. The van der Waals surface area contributed by atoms with Crippen LogP contribution in [0.1, 0.15) is 35.6 Å². The summed E-state index contributed by atoms with van der Waals surface area (Å²) in [5.41, 5.74) is 2.81. The predicted molar refractivity (Wildman–Crippen MR) is 130 cm³/mol. The second-order valence-electron chi connectivity index (χ2n) is 8.64. The molecule has 0 aromatic heterocycles. The van der Waals surface area contributed by atoms with Gasteiger partial charge in [-0.2, -0.15) is 0 Å². The number of fused-ring (bicyclic) bond motifs is 3. The number of aliphatic hydroxyl groups is 1. The minimum absolute atomic E-state index is 0.388. The van der Waals surface area contributed by atoms with Gasteiger partial charge in [-0.25, -0.2) is 4.39 Å². The van der Waals surface area contributed by atoms with E-state index in [-0.39, 0.29) is 5.82 Å². The molecule has 0 spiro atoms. The maximum atomic E-state index is 14.1. The minimum atomic E-state index is -2.17. The molecular formula is C23H22B2ClFN4O. The average Bonchev–Trinajstić information content (AvgIpc) is 3.42. The zero-order chi connectivity index (χ0) is 22.9. The van der Waals surface area contributed by atoms with E-state index in [2.05, 4.69) is 23.8 Å². The molecule has 0 saturated heterocycles. The number of hydrogen-bond acceptors (Lipinski definition) is 5. The first kappa shape index (κ1) is 21.3. The summed E-state index contributed by atoms with van der Waals surface area (Å²) >= 11 is 6.45. The molecule has 1 aliphatic carbocycles. The van der Waals surface area contributed by atoms with Crippen molar-refractivity contribution in [2.45, 2.75) is 24.4 Å². The zero-order valence-electron chi connectivity index (χ0n) is 17.8. The van der Waals surface area contributed by atoms with Crippen LogP contribution in [-0.4, -0.2) is 39.9 Å². The van der Waals surface area contributed by atoms with E-state index in [9.17, 15) is 9.50 Å². The number of benzene rings is 2. The number of hydrogen-bond donors (Lipinski definition) is 3. The fraction of sp³-hybridized carbons (Fsp3) is 0.304. The molecule has 5 rings (SSSR count). The lowest BCUT2D eigenvalue weighted by atomic mass is 9.71. The Morgan fingerprint density at radius 3 is 2.66 bits per heavy atom. The molecule has 1 saturated carbocycles. The topological polar surface area (TPSA) is 50.8 Å². The molecule has 3 aliphatic rings. The van der Waals surface area contributed by atoms with E-state index in [0.29, 0.717) is 33.7 Å². The van der Waals surface area contributed by atoms with Crippen LogP contribution in [-0.2, 0) is 0 Å². The third kappa shape index (κ3) is 3.20. The normalized spacial score (nSPS) is 19.8. The molecule has 1 atom stereocenters. The third-order valence-electron chi connectivity index (χ3n) is 6.35. The molecule has 2 aromatic rings. The van der Waals surface area contributed by atoms with Crippen LogP contribution in [0.5, 0.6) is 0 Å². The monoisotopic (exact) mass is 446 g/mol. The molecule has 9 heteroatoms. The Labute approximate surface area is 194 Å². The lowest BCUT2D eigenvalue weighted by Crippen LogP contribution is -2.50. The van der Waals surface area contributed by atoms with E-state index in [4.69, 9.17) is 27.3 Å². The summed E-state index contributed by atoms with van der Waals surface area (Å²) < 4.78 is 14.1. The summed E-state index contributed by atoms with van der Waals surface area (Å²) in [5.74, 6) is 0.658. The summed E-state index contributed by atoms with van der Waals surface area (Å²) in [7, 11) is 13.8. The number of rotatable bonds is 5. The number of anilines is 3. The highest BCUT2D eigenvalue weighted by molar-refractivity contribution is 6.41. The van der Waals surface area contributed by atoms with Gasteiger partial charge >= 0.3 is 0 Å². The van der Waals surface area contributed by atoms with Gasteiger partial charge < -0.3 is 25.5 Å². The van der Waals surface area contributed by atoms with E-state index < -0.39 is 11.6 Å². The SMILES string of the molecule is [B]C([B])(O)N1C(=C)N(CC2CC2)c2cc(NC)c3c(c21)C(=C)NC3c1cc(F)ccc1Cl. The number of halogens is 2. The Kier molecular flexibility index (Phi) is 4.80. The molecule has 2 heterocycles. The van der Waals surface area contributed by atoms with Gasteiger partial charge in [0, 0.05) is 46.7 Å². The van der Waals surface area contributed by atoms with Crippen LogP contribution in [0, 0.1) is 11.7 Å². The van der Waals surface area contributed by atoms with Crippen LogP contribution in [0.4, 0.5) is 21.5 Å². The summed E-state index contributed by atoms with van der Waals surface area (Å²) in [5, 5.41) is 17.7. The summed E-state index contributed by atoms with van der Waals surface area (Å²) in [4.78, 5) is 3.47. The predicted octanol–water partition coefficient (Wildman–Crippen LogP) is 3.63. The van der Waals surface area contributed by atoms with Crippen LogP contribution in [0.2, 0.25) is 5.02 Å². The quantitative estimate of drug-likeness (QED) is 0.613. The molecule has 5 nitrogen and oxygen atoms in total. The van der Waals surface area contributed by atoms with Crippen LogP contribution >= 0.6 is 11.6 Å². The Balaban J connectivity index is 1.76. The molecule has 2 aliphatic heterocycles. The Morgan fingerprint density at radius 2 is 2.03 bits per heavy atom. The number of nitrogens with one attached hydrogen (secondary N) is 2. The molecule has 160 valence electrons. The van der Waals surface area contributed by atoms with Crippen molar-refractivity contribution in [1.29, 1.82) is 0 Å². The second-order valence-corrected chi connectivity index (χ2v) is 9.05. The van der Waals surface area contributed by atoms with Crippen LogP contribution in [0.15, 0.2) is 43.2 Å². The van der Waals surface area contributed by atoms with Crippen molar-refractivity contribution in [1.82, 2.24) is 5.32 Å². The lowest BCUT2D eigenvalue weighted by Gasteiger charge is -2.36. The van der Waals surface area contributed by atoms with Gasteiger partial charge in [-0.15, -0.1) is 0 Å². The highest BCUT2D eigenvalue weighted by atomic mass is 35.5. The second kappa shape index (κ2) is 7.22. The van der Waals surface area contributed by atoms with Gasteiger partial charge in [-0.3, -0.25) is 0 Å². The van der Waals surface area contributed by atoms with Crippen LogP contribution < -0.4 is 20.4 Å². The van der Waals surface area contributed by atoms with Crippen molar-refractivity contribution in [3.8, 4) is 0 Å². The van der Waals surface area contributed by atoms with Crippen molar-refractivity contribution in [3.63, 3.8) is 0 Å². The molecular weight excluding hydrogens is 424 g/mol. The first-order valence-corrected chi connectivity index (χ1v) is 10.9.